The molecule has 0 saturated heterocycles. The fraction of sp³-hybridized carbons (Fsp3) is 0.0435. The highest BCUT2D eigenvalue weighted by Crippen LogP contribution is 2.33. The lowest BCUT2D eigenvalue weighted by Crippen LogP contribution is -2.22. The average Bonchev–Trinajstić information content (AvgIpc) is 3.43. The monoisotopic (exact) mass is 478 g/mol. The number of halogens is 1. The summed E-state index contributed by atoms with van der Waals surface area (Å²) in [7, 11) is 0. The molecular weight excluding hydrogens is 464 g/mol. The van der Waals surface area contributed by atoms with Crippen LogP contribution >= 0.6 is 34.3 Å². The summed E-state index contributed by atoms with van der Waals surface area (Å²) >= 11 is 8.77. The zero-order valence-corrected chi connectivity index (χ0v) is 19.1. The number of hydrogen-bond acceptors (Lipinski definition) is 6. The molecule has 1 amide bonds. The number of aromatic nitrogens is 3. The summed E-state index contributed by atoms with van der Waals surface area (Å²) in [5.41, 5.74) is 2.40. The van der Waals surface area contributed by atoms with Gasteiger partial charge in [-0.25, -0.2) is 9.97 Å². The van der Waals surface area contributed by atoms with Gasteiger partial charge in [-0.05, 0) is 55.5 Å². The van der Waals surface area contributed by atoms with E-state index in [1.54, 1.807) is 41.8 Å². The Bertz CT molecular complexity index is 1520. The van der Waals surface area contributed by atoms with Crippen LogP contribution in [0.15, 0.2) is 70.8 Å². The second-order valence-corrected chi connectivity index (χ2v) is 9.53. The highest BCUT2D eigenvalue weighted by Gasteiger charge is 2.13. The first-order chi connectivity index (χ1) is 15.5. The van der Waals surface area contributed by atoms with Gasteiger partial charge in [0.2, 0.25) is 0 Å². The molecule has 0 fully saturated rings. The van der Waals surface area contributed by atoms with E-state index in [9.17, 15) is 9.59 Å². The maximum absolute atomic E-state index is 13.0. The lowest BCUT2D eigenvalue weighted by atomic mass is 10.2. The Hall–Kier alpha value is -3.33. The van der Waals surface area contributed by atoms with Gasteiger partial charge in [-0.2, -0.15) is 0 Å². The van der Waals surface area contributed by atoms with Crippen molar-refractivity contribution in [1.82, 2.24) is 14.5 Å². The lowest BCUT2D eigenvalue weighted by Gasteiger charge is -2.11. The quantitative estimate of drug-likeness (QED) is 0.355. The summed E-state index contributed by atoms with van der Waals surface area (Å²) in [5.74, 6) is 0.303. The molecule has 0 saturated carbocycles. The maximum Gasteiger partial charge on any atom is 0.265 e. The van der Waals surface area contributed by atoms with Crippen LogP contribution in [0.25, 0.3) is 27.2 Å². The Morgan fingerprint density at radius 2 is 1.81 bits per heavy atom. The van der Waals surface area contributed by atoms with E-state index in [1.165, 1.54) is 22.7 Å². The molecule has 158 valence electrons. The molecule has 0 aliphatic carbocycles. The SMILES string of the molecule is Cc1nc2ccccc2c(=O)n1-c1ccc(C(=O)Nc2nc(-c3ccc(Cl)s3)cs2)cc1. The molecule has 3 heterocycles. The minimum Gasteiger partial charge on any atom is -0.298 e. The van der Waals surface area contributed by atoms with Crippen LogP contribution in [0.5, 0.6) is 0 Å². The number of nitrogens with one attached hydrogen (secondary N) is 1. The summed E-state index contributed by atoms with van der Waals surface area (Å²) in [6, 6.07) is 17.8. The van der Waals surface area contributed by atoms with Crippen molar-refractivity contribution in [3.63, 3.8) is 0 Å². The second-order valence-electron chi connectivity index (χ2n) is 6.96. The molecule has 0 spiro atoms. The number of benzene rings is 2. The number of thiazole rings is 1. The Morgan fingerprint density at radius 1 is 1.03 bits per heavy atom. The molecule has 0 bridgehead atoms. The summed E-state index contributed by atoms with van der Waals surface area (Å²) in [5, 5.41) is 5.75. The lowest BCUT2D eigenvalue weighted by molar-refractivity contribution is 0.102. The summed E-state index contributed by atoms with van der Waals surface area (Å²) < 4.78 is 2.23. The van der Waals surface area contributed by atoms with Crippen molar-refractivity contribution in [1.29, 1.82) is 0 Å². The standard InChI is InChI=1S/C23H15ClN4O2S2/c1-13-25-17-5-3-2-4-16(17)22(30)28(13)15-8-6-14(7-9-15)21(29)27-23-26-18(12-31-23)19-10-11-20(24)32-19/h2-12H,1H3,(H,26,27,29). The van der Waals surface area contributed by atoms with Crippen LogP contribution in [0, 0.1) is 6.92 Å². The number of aryl methyl sites for hydroxylation is 1. The molecule has 0 atom stereocenters. The fourth-order valence-corrected chi connectivity index (χ4v) is 5.16. The van der Waals surface area contributed by atoms with Gasteiger partial charge in [0.1, 0.15) is 5.82 Å². The van der Waals surface area contributed by atoms with Crippen molar-refractivity contribution < 1.29 is 4.79 Å². The Labute approximate surface area is 195 Å². The third-order valence-corrected chi connectivity index (χ3v) is 6.89. The zero-order chi connectivity index (χ0) is 22.2. The molecule has 3 aromatic heterocycles. The highest BCUT2D eigenvalue weighted by molar-refractivity contribution is 7.20. The number of nitrogens with zero attached hydrogens (tertiary/aromatic N) is 3. The summed E-state index contributed by atoms with van der Waals surface area (Å²) in [6.07, 6.45) is 0. The minimum absolute atomic E-state index is 0.144. The van der Waals surface area contributed by atoms with Gasteiger partial charge in [-0.15, -0.1) is 22.7 Å². The van der Waals surface area contributed by atoms with Crippen molar-refractivity contribution in [2.75, 3.05) is 5.32 Å². The fourth-order valence-electron chi connectivity index (χ4n) is 3.38. The molecule has 0 aliphatic heterocycles. The van der Waals surface area contributed by atoms with Gasteiger partial charge in [-0.1, -0.05) is 23.7 Å². The van der Waals surface area contributed by atoms with Gasteiger partial charge < -0.3 is 0 Å². The van der Waals surface area contributed by atoms with Crippen molar-refractivity contribution in [2.24, 2.45) is 0 Å². The smallest absolute Gasteiger partial charge is 0.265 e. The third kappa shape index (κ3) is 3.84. The number of amides is 1. The number of rotatable bonds is 4. The molecule has 0 unspecified atom stereocenters. The third-order valence-electron chi connectivity index (χ3n) is 4.88. The number of hydrogen-bond donors (Lipinski definition) is 1. The molecule has 0 radical (unpaired) electrons. The molecule has 6 nitrogen and oxygen atoms in total. The van der Waals surface area contributed by atoms with E-state index >= 15 is 0 Å². The first-order valence-corrected chi connectivity index (χ1v) is 11.7. The van der Waals surface area contributed by atoms with E-state index < -0.39 is 0 Å². The van der Waals surface area contributed by atoms with E-state index in [2.05, 4.69) is 15.3 Å². The van der Waals surface area contributed by atoms with E-state index in [0.29, 0.717) is 37.4 Å². The molecule has 0 aliphatic rings. The van der Waals surface area contributed by atoms with Crippen molar-refractivity contribution in [3.05, 3.63) is 92.1 Å². The molecular formula is C23H15ClN4O2S2. The van der Waals surface area contributed by atoms with Crippen molar-refractivity contribution in [2.45, 2.75) is 6.92 Å². The van der Waals surface area contributed by atoms with Gasteiger partial charge in [0, 0.05) is 10.9 Å². The average molecular weight is 479 g/mol. The highest BCUT2D eigenvalue weighted by atomic mass is 35.5. The molecule has 9 heteroatoms. The number of para-hydroxylation sites is 1. The number of carbonyl (C=O) groups is 1. The van der Waals surface area contributed by atoms with Crippen LogP contribution < -0.4 is 10.9 Å². The number of carbonyl (C=O) groups excluding carboxylic acids is 1. The van der Waals surface area contributed by atoms with Crippen LogP contribution in [-0.2, 0) is 0 Å². The number of fused-ring (bicyclic) bond motifs is 1. The van der Waals surface area contributed by atoms with Crippen LogP contribution in [0.3, 0.4) is 0 Å². The molecule has 5 aromatic rings. The van der Waals surface area contributed by atoms with E-state index in [-0.39, 0.29) is 11.5 Å². The molecule has 5 rings (SSSR count). The Morgan fingerprint density at radius 3 is 2.56 bits per heavy atom. The molecule has 1 N–H and O–H groups in total. The van der Waals surface area contributed by atoms with Crippen LogP contribution in [0.4, 0.5) is 5.13 Å². The van der Waals surface area contributed by atoms with Crippen LogP contribution in [-0.4, -0.2) is 20.4 Å². The number of anilines is 1. The van der Waals surface area contributed by atoms with Gasteiger partial charge in [0.15, 0.2) is 5.13 Å². The molecule has 2 aromatic carbocycles. The molecule has 32 heavy (non-hydrogen) atoms. The first kappa shape index (κ1) is 20.6. The zero-order valence-electron chi connectivity index (χ0n) is 16.7. The second kappa shape index (κ2) is 8.31. The van der Waals surface area contributed by atoms with Gasteiger partial charge in [0.05, 0.1) is 31.5 Å². The predicted octanol–water partition coefficient (Wildman–Crippen LogP) is 5.78. The van der Waals surface area contributed by atoms with E-state index in [1.807, 2.05) is 35.7 Å². The van der Waals surface area contributed by atoms with E-state index in [0.717, 1.165) is 10.6 Å². The summed E-state index contributed by atoms with van der Waals surface area (Å²) in [6.45, 7) is 1.79. The van der Waals surface area contributed by atoms with Crippen LogP contribution in [0.2, 0.25) is 4.34 Å². The Kier molecular flexibility index (Phi) is 5.34. The van der Waals surface area contributed by atoms with Crippen molar-refractivity contribution >= 4 is 56.2 Å². The Balaban J connectivity index is 1.38. The van der Waals surface area contributed by atoms with Crippen LogP contribution in [0.1, 0.15) is 16.2 Å². The topological polar surface area (TPSA) is 76.9 Å². The minimum atomic E-state index is -0.276. The largest absolute Gasteiger partial charge is 0.298 e. The maximum atomic E-state index is 13.0. The summed E-state index contributed by atoms with van der Waals surface area (Å²) in [4.78, 5) is 35.6. The van der Waals surface area contributed by atoms with E-state index in [4.69, 9.17) is 11.6 Å². The first-order valence-electron chi connectivity index (χ1n) is 9.61. The van der Waals surface area contributed by atoms with Gasteiger partial charge >= 0.3 is 0 Å². The normalized spacial score (nSPS) is 11.1. The van der Waals surface area contributed by atoms with Gasteiger partial charge in [-0.3, -0.25) is 19.5 Å². The number of thiophene rings is 1. The van der Waals surface area contributed by atoms with Crippen molar-refractivity contribution in [3.8, 4) is 16.3 Å². The van der Waals surface area contributed by atoms with Gasteiger partial charge in [0.25, 0.3) is 11.5 Å². The predicted molar refractivity (Wildman–Crippen MR) is 130 cm³/mol.